The molecule has 1 aromatic heterocycles. The van der Waals surface area contributed by atoms with Gasteiger partial charge >= 0.3 is 5.69 Å². The first kappa shape index (κ1) is 11.4. The first-order valence-corrected chi connectivity index (χ1v) is 6.92. The van der Waals surface area contributed by atoms with Gasteiger partial charge in [-0.05, 0) is 30.0 Å². The van der Waals surface area contributed by atoms with Crippen LogP contribution in [0.2, 0.25) is 0 Å². The van der Waals surface area contributed by atoms with Crippen molar-refractivity contribution in [2.24, 2.45) is 5.92 Å². The van der Waals surface area contributed by atoms with Gasteiger partial charge in [-0.2, -0.15) is 0 Å². The lowest BCUT2D eigenvalue weighted by Gasteiger charge is -2.11. The van der Waals surface area contributed by atoms with Crippen molar-refractivity contribution in [2.75, 3.05) is 0 Å². The first-order chi connectivity index (χ1) is 8.13. The molecule has 1 aliphatic rings. The molecule has 0 amide bonds. The lowest BCUT2D eigenvalue weighted by molar-refractivity contribution is 0.705. The number of benzene rings is 1. The number of aromatic amines is 2. The van der Waals surface area contributed by atoms with E-state index in [2.05, 4.69) is 25.9 Å². The molecule has 90 valence electrons. The number of hydrogen-bond donors (Lipinski definition) is 2. The predicted molar refractivity (Wildman–Crippen MR) is 72.6 cm³/mol. The maximum atomic E-state index is 11.2. The van der Waals surface area contributed by atoms with E-state index in [1.54, 1.807) is 0 Å². The van der Waals surface area contributed by atoms with Crippen LogP contribution in [-0.4, -0.2) is 9.97 Å². The topological polar surface area (TPSA) is 48.6 Å². The third kappa shape index (κ3) is 2.29. The molecule has 1 unspecified atom stereocenters. The quantitative estimate of drug-likeness (QED) is 0.834. The zero-order chi connectivity index (χ0) is 12.0. The third-order valence-electron chi connectivity index (χ3n) is 3.21. The van der Waals surface area contributed by atoms with E-state index in [0.29, 0.717) is 0 Å². The Morgan fingerprint density at radius 3 is 2.65 bits per heavy atom. The summed E-state index contributed by atoms with van der Waals surface area (Å²) in [6.45, 7) is 0. The highest BCUT2D eigenvalue weighted by Crippen LogP contribution is 2.42. The molecule has 1 aliphatic carbocycles. The number of H-pyrrole nitrogens is 2. The summed E-state index contributed by atoms with van der Waals surface area (Å²) >= 11 is 9.94. The molecule has 1 saturated carbocycles. The Bertz CT molecular complexity index is 614. The van der Waals surface area contributed by atoms with Crippen molar-refractivity contribution >= 4 is 38.6 Å². The molecule has 17 heavy (non-hydrogen) atoms. The van der Waals surface area contributed by atoms with Gasteiger partial charge in [0.25, 0.3) is 0 Å². The minimum absolute atomic E-state index is 0.0136. The molecular weight excluding hydrogens is 304 g/mol. The molecule has 0 aliphatic heterocycles. The van der Waals surface area contributed by atoms with E-state index >= 15 is 0 Å². The second kappa shape index (κ2) is 4.18. The Morgan fingerprint density at radius 1 is 1.35 bits per heavy atom. The second-order valence-corrected chi connectivity index (χ2v) is 6.03. The summed E-state index contributed by atoms with van der Waals surface area (Å²) in [6, 6.07) is 3.86. The van der Waals surface area contributed by atoms with Gasteiger partial charge in [-0.25, -0.2) is 4.79 Å². The molecule has 0 saturated heterocycles. The standard InChI is InChI=1S/C12H12BrClN2O/c13-8-5-11-10(15-12(17)16-11)4-7(8)9(14)3-6-1-2-6/h4-6,9H,1-3H2,(H2,15,16,17). The Morgan fingerprint density at radius 2 is 2.00 bits per heavy atom. The van der Waals surface area contributed by atoms with Gasteiger partial charge in [0.15, 0.2) is 0 Å². The smallest absolute Gasteiger partial charge is 0.306 e. The van der Waals surface area contributed by atoms with Crippen LogP contribution in [0, 0.1) is 5.92 Å². The van der Waals surface area contributed by atoms with Crippen molar-refractivity contribution in [2.45, 2.75) is 24.6 Å². The highest BCUT2D eigenvalue weighted by molar-refractivity contribution is 9.10. The molecule has 3 nitrogen and oxygen atoms in total. The maximum Gasteiger partial charge on any atom is 0.323 e. The van der Waals surface area contributed by atoms with Crippen molar-refractivity contribution in [3.8, 4) is 0 Å². The van der Waals surface area contributed by atoms with Gasteiger partial charge in [0.05, 0.1) is 16.4 Å². The number of nitrogens with one attached hydrogen (secondary N) is 2. The number of hydrogen-bond acceptors (Lipinski definition) is 1. The van der Waals surface area contributed by atoms with Gasteiger partial charge in [0.2, 0.25) is 0 Å². The highest BCUT2D eigenvalue weighted by Gasteiger charge is 2.26. The molecule has 2 aromatic rings. The zero-order valence-corrected chi connectivity index (χ0v) is 11.4. The normalized spacial score (nSPS) is 17.5. The molecule has 3 rings (SSSR count). The number of halogens is 2. The van der Waals surface area contributed by atoms with Crippen molar-refractivity contribution in [1.82, 2.24) is 9.97 Å². The molecule has 1 atom stereocenters. The maximum absolute atomic E-state index is 11.2. The molecule has 1 aromatic carbocycles. The Balaban J connectivity index is 2.01. The molecule has 0 bridgehead atoms. The van der Waals surface area contributed by atoms with E-state index in [0.717, 1.165) is 33.4 Å². The fourth-order valence-corrected chi connectivity index (χ4v) is 3.27. The van der Waals surface area contributed by atoms with Crippen LogP contribution in [0.5, 0.6) is 0 Å². The monoisotopic (exact) mass is 314 g/mol. The van der Waals surface area contributed by atoms with Crippen molar-refractivity contribution in [1.29, 1.82) is 0 Å². The lowest BCUT2D eigenvalue weighted by Crippen LogP contribution is -1.99. The molecule has 5 heteroatoms. The van der Waals surface area contributed by atoms with Crippen LogP contribution in [-0.2, 0) is 0 Å². The van der Waals surface area contributed by atoms with E-state index in [1.807, 2.05) is 12.1 Å². The highest BCUT2D eigenvalue weighted by atomic mass is 79.9. The molecular formula is C12H12BrClN2O. The van der Waals surface area contributed by atoms with E-state index in [-0.39, 0.29) is 11.1 Å². The minimum atomic E-state index is -0.183. The van der Waals surface area contributed by atoms with Gasteiger partial charge in [0.1, 0.15) is 0 Å². The summed E-state index contributed by atoms with van der Waals surface area (Å²) in [7, 11) is 0. The molecule has 2 N–H and O–H groups in total. The fraction of sp³-hybridized carbons (Fsp3) is 0.417. The molecule has 0 spiro atoms. The summed E-state index contributed by atoms with van der Waals surface area (Å²) in [5.74, 6) is 0.783. The van der Waals surface area contributed by atoms with Crippen molar-refractivity contribution in [3.05, 3.63) is 32.7 Å². The van der Waals surface area contributed by atoms with E-state index in [1.165, 1.54) is 12.8 Å². The fourth-order valence-electron chi connectivity index (χ4n) is 2.09. The number of fused-ring (bicyclic) bond motifs is 1. The largest absolute Gasteiger partial charge is 0.323 e. The summed E-state index contributed by atoms with van der Waals surface area (Å²) in [4.78, 5) is 16.7. The van der Waals surface area contributed by atoms with E-state index in [9.17, 15) is 4.79 Å². The summed E-state index contributed by atoms with van der Waals surface area (Å²) in [5, 5.41) is 0.0136. The molecule has 1 heterocycles. The SMILES string of the molecule is O=c1[nH]c2cc(Br)c(C(Cl)CC3CC3)cc2[nH]1. The number of imidazole rings is 1. The van der Waals surface area contributed by atoms with Crippen molar-refractivity contribution < 1.29 is 0 Å². The second-order valence-electron chi connectivity index (χ2n) is 4.65. The average Bonchev–Trinajstić information content (AvgIpc) is 2.98. The lowest BCUT2D eigenvalue weighted by atomic mass is 10.1. The van der Waals surface area contributed by atoms with Gasteiger partial charge in [-0.1, -0.05) is 28.8 Å². The molecule has 0 radical (unpaired) electrons. The van der Waals surface area contributed by atoms with Crippen LogP contribution in [0.25, 0.3) is 11.0 Å². The van der Waals surface area contributed by atoms with E-state index < -0.39 is 0 Å². The zero-order valence-electron chi connectivity index (χ0n) is 9.09. The van der Waals surface area contributed by atoms with Crippen LogP contribution < -0.4 is 5.69 Å². The Hall–Kier alpha value is -0.740. The summed E-state index contributed by atoms with van der Waals surface area (Å²) in [5.41, 5.74) is 2.49. The number of rotatable bonds is 3. The van der Waals surface area contributed by atoms with E-state index in [4.69, 9.17) is 11.6 Å². The number of alkyl halides is 1. The van der Waals surface area contributed by atoms with Gasteiger partial charge in [0, 0.05) is 4.47 Å². The van der Waals surface area contributed by atoms with Gasteiger partial charge < -0.3 is 9.97 Å². The predicted octanol–water partition coefficient (Wildman–Crippen LogP) is 3.70. The third-order valence-corrected chi connectivity index (χ3v) is 4.31. The minimum Gasteiger partial charge on any atom is -0.306 e. The van der Waals surface area contributed by atoms with Gasteiger partial charge in [-0.15, -0.1) is 11.6 Å². The average molecular weight is 316 g/mol. The van der Waals surface area contributed by atoms with Crippen LogP contribution in [0.1, 0.15) is 30.2 Å². The Labute approximate surface area is 112 Å². The Kier molecular flexibility index (Phi) is 2.79. The van der Waals surface area contributed by atoms with Crippen LogP contribution in [0.3, 0.4) is 0 Å². The summed E-state index contributed by atoms with van der Waals surface area (Å²) in [6.07, 6.45) is 3.61. The number of aromatic nitrogens is 2. The first-order valence-electron chi connectivity index (χ1n) is 5.69. The van der Waals surface area contributed by atoms with Crippen LogP contribution >= 0.6 is 27.5 Å². The van der Waals surface area contributed by atoms with Crippen molar-refractivity contribution in [3.63, 3.8) is 0 Å². The molecule has 1 fully saturated rings. The van der Waals surface area contributed by atoms with Crippen LogP contribution in [0.15, 0.2) is 21.4 Å². The van der Waals surface area contributed by atoms with Gasteiger partial charge in [-0.3, -0.25) is 0 Å². The van der Waals surface area contributed by atoms with Crippen LogP contribution in [0.4, 0.5) is 0 Å². The summed E-state index contributed by atoms with van der Waals surface area (Å²) < 4.78 is 0.959.